The predicted octanol–water partition coefficient (Wildman–Crippen LogP) is 4.32. The van der Waals surface area contributed by atoms with Crippen LogP contribution >= 0.6 is 11.8 Å². The van der Waals surface area contributed by atoms with Crippen LogP contribution in [0.1, 0.15) is 5.82 Å². The van der Waals surface area contributed by atoms with E-state index in [0.29, 0.717) is 27.5 Å². The summed E-state index contributed by atoms with van der Waals surface area (Å²) < 4.78 is 5.87. The summed E-state index contributed by atoms with van der Waals surface area (Å²) in [6.07, 6.45) is 0. The molecule has 0 radical (unpaired) electrons. The summed E-state index contributed by atoms with van der Waals surface area (Å²) in [5.74, 6) is 0.217. The van der Waals surface area contributed by atoms with Gasteiger partial charge in [0.2, 0.25) is 5.91 Å². The van der Waals surface area contributed by atoms with Crippen LogP contribution in [0.15, 0.2) is 58.0 Å². The minimum absolute atomic E-state index is 0.0225. The van der Waals surface area contributed by atoms with Crippen LogP contribution in [0.3, 0.4) is 0 Å². The fourth-order valence-corrected chi connectivity index (χ4v) is 3.64. The normalized spacial score (nSPS) is 11.0. The highest BCUT2D eigenvalue weighted by Gasteiger charge is 2.18. The molecule has 2 heterocycles. The van der Waals surface area contributed by atoms with Crippen molar-refractivity contribution in [2.24, 2.45) is 0 Å². The Morgan fingerprint density at radius 2 is 1.93 bits per heavy atom. The van der Waals surface area contributed by atoms with Crippen molar-refractivity contribution >= 4 is 51.1 Å². The second kappa shape index (κ2) is 7.28. The summed E-state index contributed by atoms with van der Waals surface area (Å²) in [6.45, 7) is 1.78. The van der Waals surface area contributed by atoms with E-state index in [4.69, 9.17) is 4.42 Å². The highest BCUT2D eigenvalue weighted by atomic mass is 32.2. The van der Waals surface area contributed by atoms with Crippen molar-refractivity contribution in [2.45, 2.75) is 11.9 Å². The van der Waals surface area contributed by atoms with E-state index < -0.39 is 4.92 Å². The number of carbonyl (C=O) groups is 1. The van der Waals surface area contributed by atoms with Crippen molar-refractivity contribution in [3.05, 3.63) is 64.5 Å². The first kappa shape index (κ1) is 17.9. The van der Waals surface area contributed by atoms with Gasteiger partial charge in [-0.05, 0) is 25.1 Å². The highest BCUT2D eigenvalue weighted by molar-refractivity contribution is 8.00. The van der Waals surface area contributed by atoms with Gasteiger partial charge < -0.3 is 9.73 Å². The zero-order chi connectivity index (χ0) is 19.7. The molecular weight excluding hydrogens is 380 g/mol. The van der Waals surface area contributed by atoms with Crippen LogP contribution in [0, 0.1) is 17.0 Å². The van der Waals surface area contributed by atoms with E-state index in [0.717, 1.165) is 5.39 Å². The molecule has 0 atom stereocenters. The smallest absolute Gasteiger partial charge is 0.292 e. The minimum Gasteiger partial charge on any atom is -0.451 e. The van der Waals surface area contributed by atoms with Crippen LogP contribution in [0.5, 0.6) is 0 Å². The van der Waals surface area contributed by atoms with E-state index in [9.17, 15) is 14.9 Å². The van der Waals surface area contributed by atoms with E-state index in [1.54, 1.807) is 19.1 Å². The van der Waals surface area contributed by atoms with Crippen LogP contribution < -0.4 is 5.32 Å². The lowest BCUT2D eigenvalue weighted by atomic mass is 10.2. The third-order valence-corrected chi connectivity index (χ3v) is 4.97. The highest BCUT2D eigenvalue weighted by Crippen LogP contribution is 2.33. The average Bonchev–Trinajstić information content (AvgIpc) is 3.05. The van der Waals surface area contributed by atoms with E-state index >= 15 is 0 Å². The molecule has 0 fully saturated rings. The molecule has 0 aliphatic heterocycles. The number of nitrogens with zero attached hydrogens (tertiary/aromatic N) is 3. The Kier molecular flexibility index (Phi) is 4.66. The maximum Gasteiger partial charge on any atom is 0.292 e. The quantitative estimate of drug-likeness (QED) is 0.232. The Morgan fingerprint density at radius 1 is 1.18 bits per heavy atom. The third kappa shape index (κ3) is 3.39. The molecule has 9 heteroatoms. The largest absolute Gasteiger partial charge is 0.451 e. The molecule has 4 rings (SSSR count). The molecule has 1 N–H and O–H groups in total. The molecular formula is C19H14N4O4S. The van der Waals surface area contributed by atoms with Gasteiger partial charge >= 0.3 is 0 Å². The standard InChI is InChI=1S/C19H14N4O4S/c1-11-20-17-12-6-2-5-9-15(12)27-18(17)19(21-11)28-10-16(24)22-13-7-3-4-8-14(13)23(25)26/h2-9H,10H2,1H3,(H,22,24). The topological polar surface area (TPSA) is 111 Å². The summed E-state index contributed by atoms with van der Waals surface area (Å²) >= 11 is 1.19. The lowest BCUT2D eigenvalue weighted by Crippen LogP contribution is -2.15. The van der Waals surface area contributed by atoms with Crippen LogP contribution in [0.2, 0.25) is 0 Å². The molecule has 0 saturated heterocycles. The summed E-state index contributed by atoms with van der Waals surface area (Å²) in [7, 11) is 0. The molecule has 1 amide bonds. The van der Waals surface area contributed by atoms with Gasteiger partial charge in [-0.3, -0.25) is 14.9 Å². The number of amides is 1. The molecule has 28 heavy (non-hydrogen) atoms. The van der Waals surface area contributed by atoms with Gasteiger partial charge in [-0.2, -0.15) is 0 Å². The second-order valence-electron chi connectivity index (χ2n) is 5.96. The Balaban J connectivity index is 1.58. The number of nitrogens with one attached hydrogen (secondary N) is 1. The van der Waals surface area contributed by atoms with E-state index in [-0.39, 0.29) is 23.0 Å². The molecule has 140 valence electrons. The monoisotopic (exact) mass is 394 g/mol. The molecule has 0 aliphatic carbocycles. The molecule has 2 aromatic carbocycles. The number of hydrogen-bond donors (Lipinski definition) is 1. The zero-order valence-corrected chi connectivity index (χ0v) is 15.5. The lowest BCUT2D eigenvalue weighted by molar-refractivity contribution is -0.383. The first-order chi connectivity index (χ1) is 13.5. The Bertz CT molecular complexity index is 1220. The third-order valence-electron chi connectivity index (χ3n) is 4.02. The number of hydrogen-bond acceptors (Lipinski definition) is 7. The second-order valence-corrected chi connectivity index (χ2v) is 6.93. The summed E-state index contributed by atoms with van der Waals surface area (Å²) in [6, 6.07) is 13.6. The van der Waals surface area contributed by atoms with E-state index in [1.807, 2.05) is 24.3 Å². The number of nitro benzene ring substituents is 1. The molecule has 0 unspecified atom stereocenters. The van der Waals surface area contributed by atoms with E-state index in [2.05, 4.69) is 15.3 Å². The van der Waals surface area contributed by atoms with Crippen molar-refractivity contribution in [2.75, 3.05) is 11.1 Å². The zero-order valence-electron chi connectivity index (χ0n) is 14.7. The van der Waals surface area contributed by atoms with Crippen LogP contribution in [-0.4, -0.2) is 26.6 Å². The molecule has 4 aromatic rings. The number of aryl methyl sites for hydroxylation is 1. The van der Waals surface area contributed by atoms with Crippen molar-refractivity contribution in [1.29, 1.82) is 0 Å². The van der Waals surface area contributed by atoms with Crippen molar-refractivity contribution in [1.82, 2.24) is 9.97 Å². The fourth-order valence-electron chi connectivity index (χ4n) is 2.83. The number of furan rings is 1. The summed E-state index contributed by atoms with van der Waals surface area (Å²) in [5.41, 5.74) is 1.92. The molecule has 2 aromatic heterocycles. The number of para-hydroxylation sites is 3. The molecule has 0 saturated carbocycles. The Hall–Kier alpha value is -3.46. The lowest BCUT2D eigenvalue weighted by Gasteiger charge is -2.06. The van der Waals surface area contributed by atoms with Crippen LogP contribution in [0.4, 0.5) is 11.4 Å². The van der Waals surface area contributed by atoms with Crippen molar-refractivity contribution in [3.8, 4) is 0 Å². The van der Waals surface area contributed by atoms with Gasteiger partial charge in [-0.15, -0.1) is 0 Å². The van der Waals surface area contributed by atoms with E-state index in [1.165, 1.54) is 23.9 Å². The molecule has 8 nitrogen and oxygen atoms in total. The Morgan fingerprint density at radius 3 is 2.75 bits per heavy atom. The average molecular weight is 394 g/mol. The maximum absolute atomic E-state index is 12.3. The van der Waals surface area contributed by atoms with Gasteiger partial charge in [0, 0.05) is 11.5 Å². The van der Waals surface area contributed by atoms with Gasteiger partial charge in [-0.25, -0.2) is 9.97 Å². The molecule has 0 spiro atoms. The van der Waals surface area contributed by atoms with Crippen molar-refractivity contribution in [3.63, 3.8) is 0 Å². The Labute approximate surface area is 163 Å². The van der Waals surface area contributed by atoms with Crippen molar-refractivity contribution < 1.29 is 14.1 Å². The minimum atomic E-state index is -0.533. The number of carbonyl (C=O) groups excluding carboxylic acids is 1. The number of fused-ring (bicyclic) bond motifs is 3. The molecule has 0 bridgehead atoms. The SMILES string of the molecule is Cc1nc(SCC(=O)Nc2ccccc2[N+](=O)[O-])c2oc3ccccc3c2n1. The number of thioether (sulfide) groups is 1. The fraction of sp³-hybridized carbons (Fsp3) is 0.105. The van der Waals surface area contributed by atoms with Gasteiger partial charge in [0.15, 0.2) is 5.58 Å². The first-order valence-corrected chi connectivity index (χ1v) is 9.33. The number of nitro groups is 1. The van der Waals surface area contributed by atoms with Gasteiger partial charge in [0.1, 0.15) is 27.6 Å². The first-order valence-electron chi connectivity index (χ1n) is 8.35. The number of anilines is 1. The number of benzene rings is 2. The predicted molar refractivity (Wildman–Crippen MR) is 106 cm³/mol. The van der Waals surface area contributed by atoms with Gasteiger partial charge in [0.05, 0.1) is 10.7 Å². The van der Waals surface area contributed by atoms with Crippen LogP contribution in [0.25, 0.3) is 22.1 Å². The van der Waals surface area contributed by atoms with Crippen LogP contribution in [-0.2, 0) is 4.79 Å². The number of aromatic nitrogens is 2. The van der Waals surface area contributed by atoms with Gasteiger partial charge in [-0.1, -0.05) is 36.0 Å². The summed E-state index contributed by atoms with van der Waals surface area (Å²) in [4.78, 5) is 31.7. The van der Waals surface area contributed by atoms with Gasteiger partial charge in [0.25, 0.3) is 5.69 Å². The summed E-state index contributed by atoms with van der Waals surface area (Å²) in [5, 5.41) is 15.1. The maximum atomic E-state index is 12.3. The molecule has 0 aliphatic rings. The number of rotatable bonds is 5.